The third-order valence-corrected chi connectivity index (χ3v) is 24.2. The van der Waals surface area contributed by atoms with Crippen LogP contribution in [0.2, 0.25) is 10.0 Å². The number of anilines is 1. The largest absolute Gasteiger partial charge is 0.508 e. The number of nitrogens with two attached hydrogens (primary N) is 1. The Bertz CT molecular complexity index is 4730. The number of ether oxygens (including phenoxy) is 5. The van der Waals surface area contributed by atoms with Crippen LogP contribution in [0.5, 0.6) is 51.7 Å². The predicted octanol–water partition coefficient (Wildman–Crippen LogP) is 9.63. The molecule has 7 amide bonds. The number of ketones is 3. The highest BCUT2D eigenvalue weighted by Crippen LogP contribution is 2.58. The number of unbranched alkanes of at least 4 members (excludes halogenated alkanes) is 2. The molecular formula is C85H97Cl2N7O22. The lowest BCUT2D eigenvalue weighted by molar-refractivity contribution is -0.270. The number of amides is 7. The van der Waals surface area contributed by atoms with Crippen molar-refractivity contribution >= 4 is 81.8 Å². The lowest BCUT2D eigenvalue weighted by atomic mass is 9.51. The smallest absolute Gasteiger partial charge is 0.325 e. The standard InChI is InChI=1S/C85H97Cl2N7O22/c1-5-7-8-19-112-51-14-12-49(13-15-51)89-85(111)90-68(101)32-48-29-60(98)72(93-80(107)41(6-2)20-38(3)4)74(102)43-10-17-63(56(86)27-43)113-65-30-47-31-66(79(65)116-84-78(106)77(105)76(104)67(37-88)115-84)114-64-18-11-44(28-57(64)87)75(103)73-83(110)92-71(62(100)35-52-45-22-39-21-40(24-45)25-46(52)23-39)55-33-50(95)34-59(97)69(55)54-26-42(9-16-58(54)96)53(82(109)94-73)36-61(99)70(47)91-81(48)108/h9-18,26-28,30-31,33-34,38-41,45-46,48,52-53,67,70-78,84,95-97,102-106H,5-8,19-25,29,32,35-37,88H2,1-4H3,(H,91,108)(H,92,110)(H,93,107)(H,94,109)(H2,89,90,101,111)/t39?,40?,41-,45?,46?,48+,52?,53-,67-,70?,71+,72+,73+,74-,75-,76-,77+,78-,84+/m1/s1. The summed E-state index contributed by atoms with van der Waals surface area (Å²) < 4.78 is 31.6. The molecule has 0 aromatic heterocycles. The number of aromatic hydroxyl groups is 3. The Labute approximate surface area is 678 Å². The fourth-order valence-corrected chi connectivity index (χ4v) is 18.2. The van der Waals surface area contributed by atoms with Crippen molar-refractivity contribution < 1.29 is 108 Å². The van der Waals surface area contributed by atoms with Crippen molar-refractivity contribution in [3.05, 3.63) is 141 Å². The minimum absolute atomic E-state index is 0.0343. The third-order valence-electron chi connectivity index (χ3n) is 23.6. The molecule has 6 aromatic rings. The van der Waals surface area contributed by atoms with Crippen LogP contribution in [0.3, 0.4) is 0 Å². The van der Waals surface area contributed by atoms with Gasteiger partial charge >= 0.3 is 6.03 Å². The summed E-state index contributed by atoms with van der Waals surface area (Å²) in [5, 5.41) is 110. The van der Waals surface area contributed by atoms with Gasteiger partial charge in [0, 0.05) is 61.0 Å². The summed E-state index contributed by atoms with van der Waals surface area (Å²) in [4.78, 5) is 138. The van der Waals surface area contributed by atoms with Gasteiger partial charge < -0.3 is 96.9 Å². The van der Waals surface area contributed by atoms with Gasteiger partial charge in [0.2, 0.25) is 41.6 Å². The van der Waals surface area contributed by atoms with Crippen molar-refractivity contribution in [1.29, 1.82) is 0 Å². The lowest BCUT2D eigenvalue weighted by Gasteiger charge is -2.54. The Morgan fingerprint density at radius 1 is 0.647 bits per heavy atom. The average Bonchev–Trinajstić information content (AvgIpc) is 0.757. The van der Waals surface area contributed by atoms with E-state index in [2.05, 4.69) is 38.8 Å². The summed E-state index contributed by atoms with van der Waals surface area (Å²) in [6.07, 6.45) is -8.49. The van der Waals surface area contributed by atoms with Crippen LogP contribution in [0.15, 0.2) is 103 Å². The van der Waals surface area contributed by atoms with Gasteiger partial charge in [-0.1, -0.05) is 81.9 Å². The van der Waals surface area contributed by atoms with Crippen molar-refractivity contribution in [2.75, 3.05) is 18.5 Å². The van der Waals surface area contributed by atoms with Crippen LogP contribution in [0, 0.1) is 47.3 Å². The van der Waals surface area contributed by atoms with Crippen molar-refractivity contribution in [2.24, 2.45) is 53.1 Å². The molecule has 116 heavy (non-hydrogen) atoms. The molecule has 10 aliphatic rings. The van der Waals surface area contributed by atoms with E-state index in [0.717, 1.165) is 81.7 Å². The maximum absolute atomic E-state index is 16.6. The van der Waals surface area contributed by atoms with Gasteiger partial charge in [-0.3, -0.25) is 43.7 Å². The summed E-state index contributed by atoms with van der Waals surface area (Å²) in [5.74, 6) is -15.2. The Hall–Kier alpha value is -9.95. The number of rotatable bonds is 19. The molecule has 16 N–H and O–H groups in total. The number of hydrogen-bond acceptors (Lipinski definition) is 23. The number of urea groups is 1. The number of aliphatic hydroxyl groups is 5. The van der Waals surface area contributed by atoms with Crippen molar-refractivity contribution in [1.82, 2.24) is 26.6 Å². The van der Waals surface area contributed by atoms with Gasteiger partial charge in [0.15, 0.2) is 28.8 Å². The number of nitrogens with one attached hydrogen (secondary N) is 6. The molecule has 16 rings (SSSR count). The molecular weight excluding hydrogens is 1540 g/mol. The minimum atomic E-state index is -2.21. The fourth-order valence-electron chi connectivity index (χ4n) is 17.8. The van der Waals surface area contributed by atoms with E-state index in [4.69, 9.17) is 52.6 Å². The lowest BCUT2D eigenvalue weighted by Crippen LogP contribution is -2.60. The van der Waals surface area contributed by atoms with E-state index in [1.165, 1.54) is 60.7 Å². The van der Waals surface area contributed by atoms with Gasteiger partial charge in [0.05, 0.1) is 28.5 Å². The Balaban J connectivity index is 0.980. The fraction of sp³-hybridized carbons (Fsp3) is 0.471. The highest BCUT2D eigenvalue weighted by Gasteiger charge is 2.51. The quantitative estimate of drug-likeness (QED) is 0.0335. The average molecular weight is 1640 g/mol. The predicted molar refractivity (Wildman–Crippen MR) is 420 cm³/mol. The molecule has 6 heterocycles. The molecule has 14 atom stereocenters. The van der Waals surface area contributed by atoms with Gasteiger partial charge in [0.1, 0.15) is 95.3 Å². The summed E-state index contributed by atoms with van der Waals surface area (Å²) in [7, 11) is 0. The number of imide groups is 1. The Morgan fingerprint density at radius 2 is 1.29 bits per heavy atom. The second-order valence-corrected chi connectivity index (χ2v) is 32.9. The van der Waals surface area contributed by atoms with E-state index in [9.17, 15) is 55.2 Å². The molecule has 0 spiro atoms. The number of fused-ring (bicyclic) bond motifs is 15. The SMILES string of the molecule is CCCCCOc1ccc(NC(=O)NC(=O)C[C@@H]2CC(=O)[C@H](NC(=O)[C@H](CC)CC(C)C)[C@H](O)c3ccc(c(Cl)c3)Oc3cc4cc(c3O[C@@H]3O[C@H](CN)[C@@H](O)[C@H](O)[C@H]3O)Oc3ccc(cc3Cl)[C@@H](O)[C@@H]3NC(=O)[C@H](CC(=O)C4NC2=O)c2ccc(O)c(c2)-c2c(O)cc(O)cc2[C@@H](C(=O)CC2C4CC5CC(C4)CC2C5)NC3=O)cc1. The van der Waals surface area contributed by atoms with Crippen molar-refractivity contribution in [2.45, 2.75) is 191 Å². The van der Waals surface area contributed by atoms with Gasteiger partial charge in [-0.2, -0.15) is 0 Å². The highest BCUT2D eigenvalue weighted by atomic mass is 35.5. The molecule has 4 saturated carbocycles. The number of halogens is 2. The number of phenolic OH excluding ortho intramolecular Hbond substituents is 3. The summed E-state index contributed by atoms with van der Waals surface area (Å²) in [6, 6.07) is 12.4. The molecule has 1 unspecified atom stereocenters. The molecule has 1 saturated heterocycles. The molecule has 29 nitrogen and oxygen atoms in total. The van der Waals surface area contributed by atoms with E-state index < -0.39 is 198 Å². The van der Waals surface area contributed by atoms with Crippen LogP contribution in [0.1, 0.15) is 176 Å². The molecule has 6 aliphatic heterocycles. The van der Waals surface area contributed by atoms with Crippen LogP contribution in [0.25, 0.3) is 11.1 Å². The normalized spacial score (nSPS) is 27.9. The van der Waals surface area contributed by atoms with Crippen LogP contribution in [-0.2, 0) is 43.1 Å². The zero-order valence-electron chi connectivity index (χ0n) is 64.3. The first-order valence-corrected chi connectivity index (χ1v) is 40.3. The molecule has 6 aromatic carbocycles. The van der Waals surface area contributed by atoms with E-state index in [1.807, 2.05) is 13.8 Å². The van der Waals surface area contributed by atoms with Gasteiger partial charge in [0.25, 0.3) is 0 Å². The molecule has 618 valence electrons. The van der Waals surface area contributed by atoms with E-state index in [1.54, 1.807) is 19.1 Å². The number of carbonyl (C=O) groups excluding carboxylic acids is 9. The maximum atomic E-state index is 16.6. The Morgan fingerprint density at radius 3 is 1.91 bits per heavy atom. The number of aliphatic hydroxyl groups excluding tert-OH is 5. The molecule has 5 fully saturated rings. The first-order valence-electron chi connectivity index (χ1n) is 39.5. The van der Waals surface area contributed by atoms with Gasteiger partial charge in [-0.05, 0) is 194 Å². The van der Waals surface area contributed by atoms with Crippen LogP contribution in [0.4, 0.5) is 10.5 Å². The summed E-state index contributed by atoms with van der Waals surface area (Å²) in [5.41, 5.74) is 4.69. The number of benzene rings is 6. The highest BCUT2D eigenvalue weighted by molar-refractivity contribution is 6.32. The molecule has 0 radical (unpaired) electrons. The van der Waals surface area contributed by atoms with Gasteiger partial charge in [-0.25, -0.2) is 4.79 Å². The molecule has 15 bridgehead atoms. The topological polar surface area (TPSA) is 460 Å². The summed E-state index contributed by atoms with van der Waals surface area (Å²) >= 11 is 14.3. The van der Waals surface area contributed by atoms with E-state index in [-0.39, 0.29) is 103 Å². The van der Waals surface area contributed by atoms with Crippen LogP contribution >= 0.6 is 23.2 Å². The van der Waals surface area contributed by atoms with Crippen molar-refractivity contribution in [3.63, 3.8) is 0 Å². The molecule has 31 heteroatoms. The minimum Gasteiger partial charge on any atom is -0.508 e. The van der Waals surface area contributed by atoms with Crippen LogP contribution < -0.4 is 56.6 Å². The zero-order chi connectivity index (χ0) is 82.8. The van der Waals surface area contributed by atoms with E-state index >= 15 is 28.8 Å². The third kappa shape index (κ3) is 18.4. The summed E-state index contributed by atoms with van der Waals surface area (Å²) in [6.45, 7) is 7.57. The number of hydrogen-bond donors (Lipinski definition) is 15. The second kappa shape index (κ2) is 35.9. The number of Topliss-reactive ketones (excluding diaryl/α,β-unsaturated/α-hetero) is 3. The van der Waals surface area contributed by atoms with Crippen molar-refractivity contribution in [3.8, 4) is 62.9 Å². The van der Waals surface area contributed by atoms with Crippen LogP contribution in [-0.4, -0.2) is 150 Å². The zero-order valence-corrected chi connectivity index (χ0v) is 65.8. The molecule has 4 aliphatic carbocycles. The number of carbonyl (C=O) groups is 9. The second-order valence-electron chi connectivity index (χ2n) is 32.1. The first-order chi connectivity index (χ1) is 55.4. The van der Waals surface area contributed by atoms with E-state index in [0.29, 0.717) is 30.6 Å². The first kappa shape index (κ1) is 84.0. The Kier molecular flexibility index (Phi) is 26.0. The van der Waals surface area contributed by atoms with Gasteiger partial charge in [-0.15, -0.1) is 0 Å². The maximum Gasteiger partial charge on any atom is 0.325 e. The number of phenols is 3. The monoisotopic (exact) mass is 1640 g/mol.